The number of thiazole rings is 1. The number of rotatable bonds is 10. The van der Waals surface area contributed by atoms with E-state index in [1.165, 1.54) is 35.2 Å². The fourth-order valence-corrected chi connectivity index (χ4v) is 4.01. The van der Waals surface area contributed by atoms with Crippen LogP contribution in [0.5, 0.6) is 5.75 Å². The third kappa shape index (κ3) is 6.47. The summed E-state index contributed by atoms with van der Waals surface area (Å²) in [5.41, 5.74) is 1.19. The molecule has 0 fully saturated rings. The second-order valence-corrected chi connectivity index (χ2v) is 8.03. The maximum Gasteiger partial charge on any atom is 0.387 e. The number of nitrogens with one attached hydrogen (secondary N) is 1. The average molecular weight is 484 g/mol. The average Bonchev–Trinajstić information content (AvgIpc) is 3.33. The van der Waals surface area contributed by atoms with E-state index in [1.807, 2.05) is 0 Å². The van der Waals surface area contributed by atoms with Crippen LogP contribution in [0.25, 0.3) is 11.4 Å². The Balaban J connectivity index is 1.54. The van der Waals surface area contributed by atoms with Crippen LogP contribution in [0.15, 0.2) is 34.8 Å². The van der Waals surface area contributed by atoms with Crippen molar-refractivity contribution in [3.63, 3.8) is 0 Å². The van der Waals surface area contributed by atoms with Gasteiger partial charge < -0.3 is 19.4 Å². The Morgan fingerprint density at radius 1 is 1.25 bits per heavy atom. The van der Waals surface area contributed by atoms with Gasteiger partial charge in [-0.2, -0.15) is 8.78 Å². The number of hydrogen-bond donors (Lipinski definition) is 1. The number of carbonyl (C=O) groups excluding carboxylic acids is 2. The van der Waals surface area contributed by atoms with Crippen LogP contribution in [-0.2, 0) is 27.8 Å². The number of benzene rings is 1. The molecular weight excluding hydrogens is 464 g/mol. The van der Waals surface area contributed by atoms with Crippen molar-refractivity contribution in [1.29, 1.82) is 0 Å². The van der Waals surface area contributed by atoms with Crippen molar-refractivity contribution < 1.29 is 27.8 Å². The first-order valence-corrected chi connectivity index (χ1v) is 11.2. The van der Waals surface area contributed by atoms with Crippen LogP contribution in [0.3, 0.4) is 0 Å². The molecule has 32 heavy (non-hydrogen) atoms. The zero-order valence-corrected chi connectivity index (χ0v) is 18.7. The second kappa shape index (κ2) is 11.0. The van der Waals surface area contributed by atoms with E-state index in [2.05, 4.69) is 25.2 Å². The van der Waals surface area contributed by atoms with Crippen LogP contribution in [0.2, 0.25) is 0 Å². The molecule has 1 aromatic carbocycles. The molecule has 3 aromatic rings. The zero-order chi connectivity index (χ0) is 23.1. The molecular formula is C19H19F2N5O4S2. The van der Waals surface area contributed by atoms with Crippen molar-refractivity contribution in [2.75, 3.05) is 17.7 Å². The first kappa shape index (κ1) is 23.6. The summed E-state index contributed by atoms with van der Waals surface area (Å²) in [5, 5.41) is 13.4. The lowest BCUT2D eigenvalue weighted by Crippen LogP contribution is -2.14. The van der Waals surface area contributed by atoms with Gasteiger partial charge in [-0.15, -0.1) is 21.5 Å². The Labute approximate surface area is 190 Å². The van der Waals surface area contributed by atoms with Gasteiger partial charge in [0.1, 0.15) is 5.75 Å². The Bertz CT molecular complexity index is 1070. The number of carbonyl (C=O) groups is 2. The van der Waals surface area contributed by atoms with E-state index in [-0.39, 0.29) is 29.8 Å². The predicted octanol–water partition coefficient (Wildman–Crippen LogP) is 3.38. The van der Waals surface area contributed by atoms with E-state index in [1.54, 1.807) is 36.1 Å². The van der Waals surface area contributed by atoms with E-state index < -0.39 is 6.61 Å². The topological polar surface area (TPSA) is 108 Å². The molecule has 0 unspecified atom stereocenters. The number of hydrogen-bond acceptors (Lipinski definition) is 9. The lowest BCUT2D eigenvalue weighted by molar-refractivity contribution is -0.142. The normalized spacial score (nSPS) is 10.9. The first-order valence-electron chi connectivity index (χ1n) is 9.33. The summed E-state index contributed by atoms with van der Waals surface area (Å²) in [5.74, 6) is -0.0321. The van der Waals surface area contributed by atoms with E-state index in [9.17, 15) is 18.4 Å². The largest absolute Gasteiger partial charge is 0.466 e. The number of ether oxygens (including phenoxy) is 2. The molecule has 3 rings (SSSR count). The van der Waals surface area contributed by atoms with Gasteiger partial charge in [0.05, 0.1) is 24.5 Å². The third-order valence-corrected chi connectivity index (χ3v) is 5.76. The number of aromatic nitrogens is 4. The molecule has 0 spiro atoms. The smallest absolute Gasteiger partial charge is 0.387 e. The minimum Gasteiger partial charge on any atom is -0.466 e. The molecule has 2 heterocycles. The van der Waals surface area contributed by atoms with Gasteiger partial charge in [-0.1, -0.05) is 11.8 Å². The van der Waals surface area contributed by atoms with Gasteiger partial charge in [0.25, 0.3) is 0 Å². The summed E-state index contributed by atoms with van der Waals surface area (Å²) in [6.07, 6.45) is 0.0475. The van der Waals surface area contributed by atoms with Gasteiger partial charge in [-0.05, 0) is 31.2 Å². The summed E-state index contributed by atoms with van der Waals surface area (Å²) in [6, 6.07) is 6.03. The maximum atomic E-state index is 12.3. The molecule has 170 valence electrons. The summed E-state index contributed by atoms with van der Waals surface area (Å²) < 4.78 is 35.4. The Morgan fingerprint density at radius 3 is 2.69 bits per heavy atom. The van der Waals surface area contributed by atoms with Crippen molar-refractivity contribution in [1.82, 2.24) is 19.7 Å². The van der Waals surface area contributed by atoms with Crippen LogP contribution < -0.4 is 10.1 Å². The highest BCUT2D eigenvalue weighted by Crippen LogP contribution is 2.25. The van der Waals surface area contributed by atoms with Gasteiger partial charge in [-0.3, -0.25) is 9.59 Å². The standard InChI is InChI=1S/C19H19F2N5O4S2/c1-3-29-15(28)8-12-9-31-18(22-12)23-14(27)10-32-19-25-24-16(26(19)2)11-4-6-13(7-5-11)30-17(20)21/h4-7,9,17H,3,8,10H2,1-2H3,(H,22,23,27). The Kier molecular flexibility index (Phi) is 8.11. The quantitative estimate of drug-likeness (QED) is 0.345. The highest BCUT2D eigenvalue weighted by Gasteiger charge is 2.15. The number of amides is 1. The molecule has 0 radical (unpaired) electrons. The monoisotopic (exact) mass is 483 g/mol. The zero-order valence-electron chi connectivity index (χ0n) is 17.1. The Hall–Kier alpha value is -3.06. The predicted molar refractivity (Wildman–Crippen MR) is 115 cm³/mol. The highest BCUT2D eigenvalue weighted by molar-refractivity contribution is 7.99. The molecule has 9 nitrogen and oxygen atoms in total. The van der Waals surface area contributed by atoms with Crippen LogP contribution in [0, 0.1) is 0 Å². The van der Waals surface area contributed by atoms with Gasteiger partial charge >= 0.3 is 12.6 Å². The SMILES string of the molecule is CCOC(=O)Cc1csc(NC(=O)CSc2nnc(-c3ccc(OC(F)F)cc3)n2C)n1. The van der Waals surface area contributed by atoms with Crippen molar-refractivity contribution in [2.24, 2.45) is 7.05 Å². The number of thioether (sulfide) groups is 1. The number of halogens is 2. The lowest BCUT2D eigenvalue weighted by Gasteiger charge is -2.06. The van der Waals surface area contributed by atoms with E-state index in [4.69, 9.17) is 4.74 Å². The molecule has 13 heteroatoms. The van der Waals surface area contributed by atoms with Gasteiger partial charge in [0.15, 0.2) is 16.1 Å². The van der Waals surface area contributed by atoms with Crippen LogP contribution >= 0.6 is 23.1 Å². The van der Waals surface area contributed by atoms with E-state index in [0.29, 0.717) is 34.0 Å². The molecule has 1 amide bonds. The molecule has 1 N–H and O–H groups in total. The molecule has 0 aliphatic carbocycles. The fourth-order valence-electron chi connectivity index (χ4n) is 2.57. The molecule has 2 aromatic heterocycles. The van der Waals surface area contributed by atoms with Gasteiger partial charge in [-0.25, -0.2) is 4.98 Å². The van der Waals surface area contributed by atoms with Gasteiger partial charge in [0, 0.05) is 18.0 Å². The highest BCUT2D eigenvalue weighted by atomic mass is 32.2. The van der Waals surface area contributed by atoms with Crippen molar-refractivity contribution >= 4 is 40.1 Å². The van der Waals surface area contributed by atoms with Crippen LogP contribution in [0.1, 0.15) is 12.6 Å². The van der Waals surface area contributed by atoms with Crippen LogP contribution in [0.4, 0.5) is 13.9 Å². The summed E-state index contributed by atoms with van der Waals surface area (Å²) in [7, 11) is 1.74. The first-order chi connectivity index (χ1) is 15.4. The van der Waals surface area contributed by atoms with Crippen molar-refractivity contribution in [2.45, 2.75) is 25.1 Å². The molecule has 0 aliphatic rings. The maximum absolute atomic E-state index is 12.3. The van der Waals surface area contributed by atoms with Gasteiger partial charge in [0.2, 0.25) is 5.91 Å². The minimum atomic E-state index is -2.89. The molecule has 0 bridgehead atoms. The van der Waals surface area contributed by atoms with E-state index in [0.717, 1.165) is 0 Å². The molecule has 0 saturated carbocycles. The summed E-state index contributed by atoms with van der Waals surface area (Å²) >= 11 is 2.40. The van der Waals surface area contributed by atoms with Crippen molar-refractivity contribution in [3.05, 3.63) is 35.3 Å². The molecule has 0 aliphatic heterocycles. The van der Waals surface area contributed by atoms with Crippen molar-refractivity contribution in [3.8, 4) is 17.1 Å². The second-order valence-electron chi connectivity index (χ2n) is 6.23. The van der Waals surface area contributed by atoms with E-state index >= 15 is 0 Å². The molecule has 0 atom stereocenters. The third-order valence-electron chi connectivity index (χ3n) is 3.93. The Morgan fingerprint density at radius 2 is 2.00 bits per heavy atom. The number of nitrogens with zero attached hydrogens (tertiary/aromatic N) is 4. The number of alkyl halides is 2. The summed E-state index contributed by atoms with van der Waals surface area (Å²) in [4.78, 5) is 27.9. The minimum absolute atomic E-state index is 0.0461. The number of anilines is 1. The summed E-state index contributed by atoms with van der Waals surface area (Å²) in [6.45, 7) is -0.867. The fraction of sp³-hybridized carbons (Fsp3) is 0.316. The number of esters is 1. The lowest BCUT2D eigenvalue weighted by atomic mass is 10.2. The van der Waals surface area contributed by atoms with Crippen LogP contribution in [-0.4, -0.2) is 50.6 Å². The molecule has 0 saturated heterocycles.